The Kier molecular flexibility index (Phi) is 5.06. The summed E-state index contributed by atoms with van der Waals surface area (Å²) in [5, 5.41) is 25.2. The first kappa shape index (κ1) is 17.1. The number of anilines is 1. The average molecular weight is 359 g/mol. The third-order valence-electron chi connectivity index (χ3n) is 3.91. The van der Waals surface area contributed by atoms with E-state index in [1.807, 2.05) is 6.07 Å². The van der Waals surface area contributed by atoms with E-state index < -0.39 is 10.0 Å². The highest BCUT2D eigenvalue weighted by atomic mass is 32.2. The van der Waals surface area contributed by atoms with Crippen molar-refractivity contribution in [3.05, 3.63) is 36.3 Å². The standard InChI is InChI=1S/C15H17N7O2S/c16-9-11(15-18-21-22-19-15)10-17-13-6-3-7-14(8-13)25(23,24)20-12-4-1-2-5-12/h3,6-8,10,12,17,20H,1-2,4-5H2,(H,18,19,21,22). The van der Waals surface area contributed by atoms with Crippen molar-refractivity contribution in [1.29, 1.82) is 5.26 Å². The van der Waals surface area contributed by atoms with Crippen molar-refractivity contribution in [2.24, 2.45) is 0 Å². The van der Waals surface area contributed by atoms with Gasteiger partial charge in [-0.25, -0.2) is 13.1 Å². The Bertz CT molecular complexity index is 894. The molecule has 130 valence electrons. The third-order valence-corrected chi connectivity index (χ3v) is 5.43. The monoisotopic (exact) mass is 359 g/mol. The molecule has 0 spiro atoms. The van der Waals surface area contributed by atoms with Crippen molar-refractivity contribution in [3.8, 4) is 6.07 Å². The molecular weight excluding hydrogens is 342 g/mol. The first-order chi connectivity index (χ1) is 12.1. The largest absolute Gasteiger partial charge is 0.360 e. The third kappa shape index (κ3) is 4.20. The number of nitrogens with zero attached hydrogens (tertiary/aromatic N) is 4. The van der Waals surface area contributed by atoms with E-state index in [9.17, 15) is 8.42 Å². The predicted octanol–water partition coefficient (Wildman–Crippen LogP) is 1.40. The molecule has 0 atom stereocenters. The Morgan fingerprint density at radius 2 is 2.16 bits per heavy atom. The molecule has 2 aromatic rings. The lowest BCUT2D eigenvalue weighted by Crippen LogP contribution is -2.32. The maximum atomic E-state index is 12.5. The highest BCUT2D eigenvalue weighted by Gasteiger charge is 2.22. The SMILES string of the molecule is N#CC(=CNc1cccc(S(=O)(=O)NC2CCCC2)c1)c1nn[nH]n1. The molecular formula is C15H17N7O2S. The van der Waals surface area contributed by atoms with Gasteiger partial charge >= 0.3 is 0 Å². The summed E-state index contributed by atoms with van der Waals surface area (Å²) in [4.78, 5) is 0.177. The fraction of sp³-hybridized carbons (Fsp3) is 0.333. The van der Waals surface area contributed by atoms with E-state index in [0.717, 1.165) is 25.7 Å². The summed E-state index contributed by atoms with van der Waals surface area (Å²) in [6.07, 6.45) is 5.24. The number of sulfonamides is 1. The van der Waals surface area contributed by atoms with Gasteiger partial charge in [0.2, 0.25) is 15.8 Å². The van der Waals surface area contributed by atoms with Crippen LogP contribution >= 0.6 is 0 Å². The highest BCUT2D eigenvalue weighted by Crippen LogP contribution is 2.22. The summed E-state index contributed by atoms with van der Waals surface area (Å²) in [5.74, 6) is 0.154. The van der Waals surface area contributed by atoms with Crippen LogP contribution in [0.25, 0.3) is 5.57 Å². The van der Waals surface area contributed by atoms with Gasteiger partial charge in [-0.3, -0.25) is 0 Å². The summed E-state index contributed by atoms with van der Waals surface area (Å²) >= 11 is 0. The number of aromatic nitrogens is 4. The van der Waals surface area contributed by atoms with Crippen LogP contribution in [0.15, 0.2) is 35.4 Å². The van der Waals surface area contributed by atoms with Gasteiger partial charge in [0.05, 0.1) is 4.90 Å². The molecule has 9 nitrogen and oxygen atoms in total. The van der Waals surface area contributed by atoms with E-state index in [1.54, 1.807) is 12.1 Å². The van der Waals surface area contributed by atoms with Crippen molar-refractivity contribution in [1.82, 2.24) is 25.3 Å². The van der Waals surface area contributed by atoms with E-state index in [0.29, 0.717) is 5.69 Å². The molecule has 1 aromatic heterocycles. The summed E-state index contributed by atoms with van der Waals surface area (Å²) < 4.78 is 27.7. The molecule has 3 N–H and O–H groups in total. The molecule has 25 heavy (non-hydrogen) atoms. The van der Waals surface area contributed by atoms with Crippen LogP contribution < -0.4 is 10.0 Å². The number of hydrogen-bond acceptors (Lipinski definition) is 7. The first-order valence-electron chi connectivity index (χ1n) is 7.81. The van der Waals surface area contributed by atoms with Crippen LogP contribution in [-0.2, 0) is 10.0 Å². The van der Waals surface area contributed by atoms with Crippen molar-refractivity contribution in [3.63, 3.8) is 0 Å². The summed E-state index contributed by atoms with van der Waals surface area (Å²) in [6.45, 7) is 0. The molecule has 0 unspecified atom stereocenters. The average Bonchev–Trinajstić information content (AvgIpc) is 3.29. The van der Waals surface area contributed by atoms with Gasteiger partial charge in [0.1, 0.15) is 11.6 Å². The molecule has 1 aromatic carbocycles. The fourth-order valence-corrected chi connectivity index (χ4v) is 4.01. The molecule has 1 aliphatic carbocycles. The molecule has 1 aliphatic rings. The topological polar surface area (TPSA) is 136 Å². The van der Waals surface area contributed by atoms with Crippen LogP contribution in [0.3, 0.4) is 0 Å². The Morgan fingerprint density at radius 3 is 2.84 bits per heavy atom. The molecule has 10 heteroatoms. The van der Waals surface area contributed by atoms with Gasteiger partial charge in [0.15, 0.2) is 0 Å². The number of H-pyrrole nitrogens is 1. The minimum absolute atomic E-state index is 0.00458. The summed E-state index contributed by atoms with van der Waals surface area (Å²) in [7, 11) is -3.57. The van der Waals surface area contributed by atoms with E-state index in [1.165, 1.54) is 18.3 Å². The number of nitriles is 1. The van der Waals surface area contributed by atoms with Crippen molar-refractivity contribution < 1.29 is 8.42 Å². The van der Waals surface area contributed by atoms with Crippen LogP contribution in [0.1, 0.15) is 31.5 Å². The number of tetrazole rings is 1. The van der Waals surface area contributed by atoms with E-state index in [-0.39, 0.29) is 22.3 Å². The molecule has 1 heterocycles. The molecule has 0 amide bonds. The highest BCUT2D eigenvalue weighted by molar-refractivity contribution is 7.89. The van der Waals surface area contributed by atoms with Gasteiger partial charge in [0, 0.05) is 17.9 Å². The molecule has 1 fully saturated rings. The second-order valence-electron chi connectivity index (χ2n) is 5.68. The van der Waals surface area contributed by atoms with E-state index in [2.05, 4.69) is 30.7 Å². The van der Waals surface area contributed by atoms with Crippen molar-refractivity contribution in [2.75, 3.05) is 5.32 Å². The van der Waals surface area contributed by atoms with Crippen LogP contribution in [0.5, 0.6) is 0 Å². The van der Waals surface area contributed by atoms with Crippen LogP contribution in [0.4, 0.5) is 5.69 Å². The molecule has 1 saturated carbocycles. The second kappa shape index (κ2) is 7.42. The summed E-state index contributed by atoms with van der Waals surface area (Å²) in [5.41, 5.74) is 0.705. The van der Waals surface area contributed by atoms with Crippen molar-refractivity contribution in [2.45, 2.75) is 36.6 Å². The zero-order valence-corrected chi connectivity index (χ0v) is 14.1. The molecule has 0 aliphatic heterocycles. The number of nitrogens with one attached hydrogen (secondary N) is 3. The van der Waals surface area contributed by atoms with Gasteiger partial charge in [-0.1, -0.05) is 18.9 Å². The maximum absolute atomic E-state index is 12.5. The van der Waals surface area contributed by atoms with E-state index >= 15 is 0 Å². The van der Waals surface area contributed by atoms with Crippen LogP contribution in [0.2, 0.25) is 0 Å². The number of rotatable bonds is 6. The molecule has 0 bridgehead atoms. The quantitative estimate of drug-likeness (QED) is 0.663. The Morgan fingerprint density at radius 1 is 1.36 bits per heavy atom. The zero-order chi connectivity index (χ0) is 17.7. The molecule has 3 rings (SSSR count). The number of aromatic amines is 1. The van der Waals surface area contributed by atoms with Crippen LogP contribution in [0, 0.1) is 11.3 Å². The van der Waals surface area contributed by atoms with E-state index in [4.69, 9.17) is 5.26 Å². The van der Waals surface area contributed by atoms with Crippen molar-refractivity contribution >= 4 is 21.3 Å². The minimum Gasteiger partial charge on any atom is -0.360 e. The number of benzene rings is 1. The van der Waals surface area contributed by atoms with Crippen LogP contribution in [-0.4, -0.2) is 35.1 Å². The lowest BCUT2D eigenvalue weighted by molar-refractivity contribution is 0.552. The molecule has 0 saturated heterocycles. The van der Waals surface area contributed by atoms with Gasteiger partial charge < -0.3 is 5.32 Å². The van der Waals surface area contributed by atoms with Gasteiger partial charge in [-0.2, -0.15) is 10.5 Å². The van der Waals surface area contributed by atoms with Gasteiger partial charge in [-0.15, -0.1) is 10.2 Å². The number of allylic oxidation sites excluding steroid dienone is 1. The lowest BCUT2D eigenvalue weighted by Gasteiger charge is -2.13. The first-order valence-corrected chi connectivity index (χ1v) is 9.30. The molecule has 0 radical (unpaired) electrons. The zero-order valence-electron chi connectivity index (χ0n) is 13.3. The number of hydrogen-bond donors (Lipinski definition) is 3. The normalized spacial score (nSPS) is 15.9. The Labute approximate surface area is 145 Å². The maximum Gasteiger partial charge on any atom is 0.240 e. The summed E-state index contributed by atoms with van der Waals surface area (Å²) in [6, 6.07) is 8.35. The fourth-order valence-electron chi connectivity index (χ4n) is 2.66. The Hall–Kier alpha value is -2.77. The predicted molar refractivity (Wildman–Crippen MR) is 90.4 cm³/mol. The Balaban J connectivity index is 1.76. The van der Waals surface area contributed by atoms with Gasteiger partial charge in [0.25, 0.3) is 0 Å². The second-order valence-corrected chi connectivity index (χ2v) is 7.39. The van der Waals surface area contributed by atoms with Gasteiger partial charge in [-0.05, 0) is 36.3 Å². The lowest BCUT2D eigenvalue weighted by atomic mass is 10.3. The minimum atomic E-state index is -3.57. The smallest absolute Gasteiger partial charge is 0.240 e.